The maximum Gasteiger partial charge on any atom is 0.263 e. The average molecular weight is 529 g/mol. The Labute approximate surface area is 187 Å². The van der Waals surface area contributed by atoms with Gasteiger partial charge in [0.25, 0.3) is 5.91 Å². The Balaban J connectivity index is 1.89. The van der Waals surface area contributed by atoms with Gasteiger partial charge in [-0.05, 0) is 83.6 Å². The summed E-state index contributed by atoms with van der Waals surface area (Å²) in [5.74, 6) is -0.240. The van der Waals surface area contributed by atoms with Gasteiger partial charge in [-0.3, -0.25) is 9.69 Å². The van der Waals surface area contributed by atoms with Crippen molar-refractivity contribution in [3.63, 3.8) is 0 Å². The first-order valence-electron chi connectivity index (χ1n) is 8.94. The van der Waals surface area contributed by atoms with Gasteiger partial charge in [0, 0.05) is 33.0 Å². The van der Waals surface area contributed by atoms with E-state index in [1.165, 1.54) is 12.1 Å². The molecular formula is C22H16IN3O3S. The van der Waals surface area contributed by atoms with Crippen LogP contribution in [0.4, 0.5) is 11.4 Å². The highest BCUT2D eigenvalue weighted by Gasteiger charge is 2.34. The topological polar surface area (TPSA) is 94.0 Å². The number of amides is 1. The summed E-state index contributed by atoms with van der Waals surface area (Å²) in [6, 6.07) is 13.9. The van der Waals surface area contributed by atoms with Crippen molar-refractivity contribution in [2.75, 3.05) is 11.2 Å². The van der Waals surface area contributed by atoms with Crippen LogP contribution in [-0.2, 0) is 14.6 Å². The van der Waals surface area contributed by atoms with E-state index in [4.69, 9.17) is 0 Å². The van der Waals surface area contributed by atoms with Crippen molar-refractivity contribution in [3.05, 3.63) is 74.6 Å². The highest BCUT2D eigenvalue weighted by molar-refractivity contribution is 14.1. The quantitative estimate of drug-likeness (QED) is 0.402. The van der Waals surface area contributed by atoms with E-state index < -0.39 is 9.84 Å². The number of carbonyl (C=O) groups is 1. The minimum absolute atomic E-state index is 0.186. The highest BCUT2D eigenvalue weighted by Crippen LogP contribution is 2.43. The van der Waals surface area contributed by atoms with Crippen molar-refractivity contribution in [2.45, 2.75) is 11.8 Å². The lowest BCUT2D eigenvalue weighted by Gasteiger charge is -2.18. The molecule has 0 unspecified atom stereocenters. The molecule has 1 aliphatic rings. The summed E-state index contributed by atoms with van der Waals surface area (Å²) < 4.78 is 24.6. The molecule has 0 bridgehead atoms. The van der Waals surface area contributed by atoms with Gasteiger partial charge in [-0.25, -0.2) is 8.42 Å². The monoisotopic (exact) mass is 529 g/mol. The molecule has 4 rings (SSSR count). The number of benzene rings is 2. The second kappa shape index (κ2) is 7.41. The number of aryl methyl sites for hydroxylation is 1. The lowest BCUT2D eigenvalue weighted by Crippen LogP contribution is -2.20. The summed E-state index contributed by atoms with van der Waals surface area (Å²) in [6.45, 7) is 1.82. The smallest absolute Gasteiger partial charge is 0.263 e. The lowest BCUT2D eigenvalue weighted by molar-refractivity contribution is -0.112. The summed E-state index contributed by atoms with van der Waals surface area (Å²) in [5, 5.41) is 9.45. The average Bonchev–Trinajstić information content (AvgIpc) is 3.21. The van der Waals surface area contributed by atoms with E-state index in [0.29, 0.717) is 28.1 Å². The van der Waals surface area contributed by atoms with Crippen molar-refractivity contribution < 1.29 is 13.2 Å². The molecule has 8 heteroatoms. The third kappa shape index (κ3) is 3.55. The van der Waals surface area contributed by atoms with Gasteiger partial charge in [0.1, 0.15) is 0 Å². The van der Waals surface area contributed by atoms with Crippen LogP contribution in [0.1, 0.15) is 22.4 Å². The normalized spacial score (nSPS) is 14.8. The summed E-state index contributed by atoms with van der Waals surface area (Å²) in [7, 11) is -3.34. The van der Waals surface area contributed by atoms with Crippen LogP contribution in [0.3, 0.4) is 0 Å². The number of anilines is 2. The molecule has 0 saturated carbocycles. The van der Waals surface area contributed by atoms with Gasteiger partial charge < -0.3 is 4.98 Å². The molecule has 0 fully saturated rings. The number of carbonyl (C=O) groups excluding carboxylic acids is 1. The van der Waals surface area contributed by atoms with Gasteiger partial charge in [0.2, 0.25) is 0 Å². The second-order valence-electron chi connectivity index (χ2n) is 7.03. The number of hydrogen-bond acceptors (Lipinski definition) is 4. The molecule has 0 radical (unpaired) electrons. The Morgan fingerprint density at radius 1 is 1.17 bits per heavy atom. The molecule has 1 N–H and O–H groups in total. The third-order valence-electron chi connectivity index (χ3n) is 4.92. The van der Waals surface area contributed by atoms with Crippen LogP contribution in [0.25, 0.3) is 11.6 Å². The predicted molar refractivity (Wildman–Crippen MR) is 124 cm³/mol. The van der Waals surface area contributed by atoms with Crippen LogP contribution in [0.2, 0.25) is 0 Å². The first-order chi connectivity index (χ1) is 14.2. The molecule has 6 nitrogen and oxygen atoms in total. The van der Waals surface area contributed by atoms with Gasteiger partial charge in [0.05, 0.1) is 27.8 Å². The third-order valence-corrected chi connectivity index (χ3v) is 6.67. The number of rotatable bonds is 3. The number of sulfone groups is 1. The molecule has 1 aliphatic heterocycles. The molecule has 0 saturated heterocycles. The Morgan fingerprint density at radius 2 is 1.87 bits per heavy atom. The van der Waals surface area contributed by atoms with Crippen LogP contribution < -0.4 is 4.90 Å². The standard InChI is InChI=1S/C22H16IN3O3S/c1-13-7-21-19(8-14(13)11-24)20(10-16-9-15(23)12-25-16)22(27)26(21)17-3-5-18(6-4-17)30(2,28)29/h3-10,12,25H,1-2H3/b20-10-. The molecule has 3 aromatic rings. The molecule has 1 aromatic heterocycles. The zero-order valence-corrected chi connectivity index (χ0v) is 19.1. The van der Waals surface area contributed by atoms with Crippen LogP contribution >= 0.6 is 22.6 Å². The first kappa shape index (κ1) is 20.4. The maximum atomic E-state index is 13.4. The van der Waals surface area contributed by atoms with Gasteiger partial charge in [-0.15, -0.1) is 0 Å². The number of H-pyrrole nitrogens is 1. The van der Waals surface area contributed by atoms with Crippen LogP contribution in [0.15, 0.2) is 53.6 Å². The first-order valence-corrected chi connectivity index (χ1v) is 11.9. The molecule has 30 heavy (non-hydrogen) atoms. The number of halogens is 1. The molecular weight excluding hydrogens is 513 g/mol. The van der Waals surface area contributed by atoms with Crippen molar-refractivity contribution in [1.29, 1.82) is 5.26 Å². The largest absolute Gasteiger partial charge is 0.361 e. The minimum Gasteiger partial charge on any atom is -0.361 e. The molecule has 150 valence electrons. The summed E-state index contributed by atoms with van der Waals surface area (Å²) in [5.41, 5.74) is 4.39. The zero-order valence-electron chi connectivity index (χ0n) is 16.1. The highest BCUT2D eigenvalue weighted by atomic mass is 127. The number of nitriles is 1. The van der Waals surface area contributed by atoms with E-state index >= 15 is 0 Å². The van der Waals surface area contributed by atoms with Gasteiger partial charge in [-0.1, -0.05) is 0 Å². The molecule has 0 atom stereocenters. The predicted octanol–water partition coefficient (Wildman–Crippen LogP) is 4.42. The number of aromatic nitrogens is 1. The summed E-state index contributed by atoms with van der Waals surface area (Å²) in [6.07, 6.45) is 4.75. The van der Waals surface area contributed by atoms with Crippen molar-refractivity contribution in [2.24, 2.45) is 0 Å². The molecule has 2 heterocycles. The van der Waals surface area contributed by atoms with E-state index in [-0.39, 0.29) is 10.8 Å². The van der Waals surface area contributed by atoms with E-state index in [0.717, 1.165) is 21.1 Å². The fraction of sp³-hybridized carbons (Fsp3) is 0.0909. The van der Waals surface area contributed by atoms with Crippen molar-refractivity contribution in [3.8, 4) is 6.07 Å². The Hall–Kier alpha value is -2.90. The maximum absolute atomic E-state index is 13.4. The summed E-state index contributed by atoms with van der Waals surface area (Å²) in [4.78, 5) is 18.3. The Kier molecular flexibility index (Phi) is 5.03. The minimum atomic E-state index is -3.34. The number of hydrogen-bond donors (Lipinski definition) is 1. The number of fused-ring (bicyclic) bond motifs is 1. The van der Waals surface area contributed by atoms with Gasteiger partial charge in [0.15, 0.2) is 9.84 Å². The van der Waals surface area contributed by atoms with E-state index in [1.807, 2.05) is 25.3 Å². The zero-order chi connectivity index (χ0) is 21.6. The number of nitrogens with one attached hydrogen (secondary N) is 1. The van der Waals surface area contributed by atoms with E-state index in [9.17, 15) is 18.5 Å². The molecule has 2 aromatic carbocycles. The molecule has 1 amide bonds. The molecule has 0 aliphatic carbocycles. The van der Waals surface area contributed by atoms with Crippen molar-refractivity contribution >= 4 is 61.4 Å². The van der Waals surface area contributed by atoms with Crippen LogP contribution in [-0.4, -0.2) is 25.6 Å². The Morgan fingerprint density at radius 3 is 2.43 bits per heavy atom. The van der Waals surface area contributed by atoms with Gasteiger partial charge >= 0.3 is 0 Å². The summed E-state index contributed by atoms with van der Waals surface area (Å²) >= 11 is 2.18. The fourth-order valence-corrected chi connectivity index (χ4v) is 4.54. The Bertz CT molecular complexity index is 1360. The van der Waals surface area contributed by atoms with E-state index in [1.54, 1.807) is 29.2 Å². The van der Waals surface area contributed by atoms with Crippen LogP contribution in [0.5, 0.6) is 0 Å². The number of aromatic amines is 1. The van der Waals surface area contributed by atoms with Crippen LogP contribution in [0, 0.1) is 21.8 Å². The van der Waals surface area contributed by atoms with Gasteiger partial charge in [-0.2, -0.15) is 5.26 Å². The van der Waals surface area contributed by atoms with E-state index in [2.05, 4.69) is 33.6 Å². The SMILES string of the molecule is Cc1cc2c(cc1C#N)/C(=C/c1cc(I)c[nH]1)C(=O)N2c1ccc(S(C)(=O)=O)cc1. The second-order valence-corrected chi connectivity index (χ2v) is 10.3. The lowest BCUT2D eigenvalue weighted by atomic mass is 10.00. The fourth-order valence-electron chi connectivity index (χ4n) is 3.42. The van der Waals surface area contributed by atoms with Crippen molar-refractivity contribution in [1.82, 2.24) is 4.98 Å². The molecule has 0 spiro atoms. The number of nitrogens with zero attached hydrogens (tertiary/aromatic N) is 2.